The highest BCUT2D eigenvalue weighted by Gasteiger charge is 2.26. The molecule has 1 saturated heterocycles. The normalized spacial score (nSPS) is 15.8. The monoisotopic (exact) mass is 300 g/mol. The molecule has 0 bridgehead atoms. The van der Waals surface area contributed by atoms with Gasteiger partial charge in [0, 0.05) is 32.5 Å². The number of piperidine rings is 1. The predicted octanol–water partition coefficient (Wildman–Crippen LogP) is 2.47. The van der Waals surface area contributed by atoms with Crippen LogP contribution in [-0.4, -0.2) is 34.2 Å². The Balaban J connectivity index is 1.47. The number of benzene rings is 1. The molecule has 0 saturated carbocycles. The van der Waals surface area contributed by atoms with Crippen LogP contribution in [0, 0.1) is 6.92 Å². The molecule has 1 N–H and O–H groups in total. The van der Waals surface area contributed by atoms with Gasteiger partial charge in [0.15, 0.2) is 0 Å². The summed E-state index contributed by atoms with van der Waals surface area (Å²) in [6.45, 7) is 3.78. The predicted molar refractivity (Wildman–Crippen MR) is 81.3 cm³/mol. The van der Waals surface area contributed by atoms with Gasteiger partial charge in [-0.1, -0.05) is 30.3 Å². The van der Waals surface area contributed by atoms with Crippen molar-refractivity contribution in [2.24, 2.45) is 0 Å². The summed E-state index contributed by atoms with van der Waals surface area (Å²) in [6.07, 6.45) is 1.72. The van der Waals surface area contributed by atoms with Crippen LogP contribution in [0.5, 0.6) is 0 Å². The molecule has 2 heterocycles. The van der Waals surface area contributed by atoms with Crippen LogP contribution in [0.1, 0.15) is 36.1 Å². The molecule has 3 rings (SSSR count). The van der Waals surface area contributed by atoms with Crippen molar-refractivity contribution in [3.8, 4) is 0 Å². The molecule has 1 aliphatic heterocycles. The third-order valence-corrected chi connectivity index (χ3v) is 3.96. The molecule has 22 heavy (non-hydrogen) atoms. The van der Waals surface area contributed by atoms with Crippen LogP contribution in [0.3, 0.4) is 0 Å². The van der Waals surface area contributed by atoms with Gasteiger partial charge in [0.25, 0.3) is 0 Å². The number of aryl methyl sites for hydroxylation is 1. The summed E-state index contributed by atoms with van der Waals surface area (Å²) in [5.41, 5.74) is 1.10. The molecular formula is C16H20N4O2. The van der Waals surface area contributed by atoms with Gasteiger partial charge in [-0.2, -0.15) is 0 Å². The first-order valence-electron chi connectivity index (χ1n) is 7.59. The summed E-state index contributed by atoms with van der Waals surface area (Å²) < 4.78 is 5.48. The molecule has 1 aliphatic rings. The van der Waals surface area contributed by atoms with Crippen molar-refractivity contribution < 1.29 is 9.21 Å². The molecule has 0 radical (unpaired) electrons. The molecule has 116 valence electrons. The first kappa shape index (κ1) is 14.6. The summed E-state index contributed by atoms with van der Waals surface area (Å²) >= 11 is 0. The second kappa shape index (κ2) is 6.60. The van der Waals surface area contributed by atoms with E-state index in [1.807, 2.05) is 35.2 Å². The van der Waals surface area contributed by atoms with Gasteiger partial charge in [-0.25, -0.2) is 4.79 Å². The summed E-state index contributed by atoms with van der Waals surface area (Å²) in [5.74, 6) is 1.55. The lowest BCUT2D eigenvalue weighted by Gasteiger charge is -2.30. The number of carbonyl (C=O) groups is 1. The Labute approximate surface area is 129 Å². The fraction of sp³-hybridized carbons (Fsp3) is 0.438. The molecule has 6 nitrogen and oxygen atoms in total. The molecular weight excluding hydrogens is 280 g/mol. The average molecular weight is 300 g/mol. The van der Waals surface area contributed by atoms with Crippen LogP contribution < -0.4 is 5.32 Å². The van der Waals surface area contributed by atoms with Crippen LogP contribution in [0.25, 0.3) is 0 Å². The van der Waals surface area contributed by atoms with E-state index in [4.69, 9.17) is 4.42 Å². The highest BCUT2D eigenvalue weighted by molar-refractivity contribution is 5.74. The second-order valence-corrected chi connectivity index (χ2v) is 5.56. The number of likely N-dealkylation sites (tertiary alicyclic amines) is 1. The van der Waals surface area contributed by atoms with E-state index in [0.29, 0.717) is 31.4 Å². The zero-order valence-corrected chi connectivity index (χ0v) is 12.7. The lowest BCUT2D eigenvalue weighted by molar-refractivity contribution is 0.176. The van der Waals surface area contributed by atoms with Gasteiger partial charge in [-0.05, 0) is 18.4 Å². The summed E-state index contributed by atoms with van der Waals surface area (Å²) in [6, 6.07) is 9.91. The zero-order valence-electron chi connectivity index (χ0n) is 12.7. The van der Waals surface area contributed by atoms with Crippen LogP contribution >= 0.6 is 0 Å². The topological polar surface area (TPSA) is 71.3 Å². The van der Waals surface area contributed by atoms with E-state index >= 15 is 0 Å². The molecule has 0 aliphatic carbocycles. The number of nitrogens with zero attached hydrogens (tertiary/aromatic N) is 3. The van der Waals surface area contributed by atoms with Gasteiger partial charge < -0.3 is 14.6 Å². The van der Waals surface area contributed by atoms with Gasteiger partial charge in [0.05, 0.1) is 0 Å². The highest BCUT2D eigenvalue weighted by atomic mass is 16.4. The molecule has 1 fully saturated rings. The average Bonchev–Trinajstić information content (AvgIpc) is 3.00. The third-order valence-electron chi connectivity index (χ3n) is 3.96. The first-order valence-corrected chi connectivity index (χ1v) is 7.59. The number of aromatic nitrogens is 2. The maximum absolute atomic E-state index is 12.2. The lowest BCUT2D eigenvalue weighted by Crippen LogP contribution is -2.43. The summed E-state index contributed by atoms with van der Waals surface area (Å²) in [5, 5.41) is 10.9. The maximum Gasteiger partial charge on any atom is 0.317 e. The first-order chi connectivity index (χ1) is 10.7. The number of hydrogen-bond donors (Lipinski definition) is 1. The number of hydrogen-bond acceptors (Lipinski definition) is 4. The molecule has 0 atom stereocenters. The SMILES string of the molecule is Cc1nnc(C2CCN(C(=O)NCc3ccccc3)CC2)o1. The molecule has 2 aromatic rings. The van der Waals surface area contributed by atoms with Crippen molar-refractivity contribution >= 4 is 6.03 Å². The minimum atomic E-state index is -0.0102. The Bertz CT molecular complexity index is 618. The van der Waals surface area contributed by atoms with Gasteiger partial charge >= 0.3 is 6.03 Å². The Morgan fingerprint density at radius 2 is 2.00 bits per heavy atom. The van der Waals surface area contributed by atoms with E-state index in [2.05, 4.69) is 15.5 Å². The number of amides is 2. The molecule has 6 heteroatoms. The number of urea groups is 1. The van der Waals surface area contributed by atoms with Gasteiger partial charge in [0.1, 0.15) is 0 Å². The smallest absolute Gasteiger partial charge is 0.317 e. The van der Waals surface area contributed by atoms with Crippen LogP contribution in [-0.2, 0) is 6.54 Å². The largest absolute Gasteiger partial charge is 0.425 e. The van der Waals surface area contributed by atoms with Gasteiger partial charge in [-0.3, -0.25) is 0 Å². The van der Waals surface area contributed by atoms with E-state index in [-0.39, 0.29) is 11.9 Å². The quantitative estimate of drug-likeness (QED) is 0.945. The van der Waals surface area contributed by atoms with Crippen LogP contribution in [0.15, 0.2) is 34.7 Å². The van der Waals surface area contributed by atoms with E-state index in [1.165, 1.54) is 0 Å². The van der Waals surface area contributed by atoms with Crippen molar-refractivity contribution in [1.82, 2.24) is 20.4 Å². The third kappa shape index (κ3) is 3.44. The van der Waals surface area contributed by atoms with Gasteiger partial charge in [-0.15, -0.1) is 10.2 Å². The summed E-state index contributed by atoms with van der Waals surface area (Å²) in [7, 11) is 0. The Morgan fingerprint density at radius 3 is 2.64 bits per heavy atom. The van der Waals surface area contributed by atoms with Crippen LogP contribution in [0.2, 0.25) is 0 Å². The Morgan fingerprint density at radius 1 is 1.27 bits per heavy atom. The van der Waals surface area contributed by atoms with Crippen molar-refractivity contribution in [3.05, 3.63) is 47.7 Å². The fourth-order valence-electron chi connectivity index (χ4n) is 2.69. The molecule has 0 spiro atoms. The molecule has 1 aromatic carbocycles. The number of rotatable bonds is 3. The zero-order chi connectivity index (χ0) is 15.4. The fourth-order valence-corrected chi connectivity index (χ4v) is 2.69. The highest BCUT2D eigenvalue weighted by Crippen LogP contribution is 2.26. The standard InChI is InChI=1S/C16H20N4O2/c1-12-18-19-15(22-12)14-7-9-20(10-8-14)16(21)17-11-13-5-3-2-4-6-13/h2-6,14H,7-11H2,1H3,(H,17,21). The van der Waals surface area contributed by atoms with Crippen molar-refractivity contribution in [2.75, 3.05) is 13.1 Å². The van der Waals surface area contributed by atoms with E-state index in [9.17, 15) is 4.79 Å². The lowest BCUT2D eigenvalue weighted by atomic mass is 9.97. The van der Waals surface area contributed by atoms with Crippen molar-refractivity contribution in [3.63, 3.8) is 0 Å². The maximum atomic E-state index is 12.2. The molecule has 1 aromatic heterocycles. The Hall–Kier alpha value is -2.37. The molecule has 0 unspecified atom stereocenters. The van der Waals surface area contributed by atoms with Crippen molar-refractivity contribution in [1.29, 1.82) is 0 Å². The minimum absolute atomic E-state index is 0.0102. The number of nitrogens with one attached hydrogen (secondary N) is 1. The molecule has 2 amide bonds. The van der Waals surface area contributed by atoms with E-state index in [0.717, 1.165) is 18.4 Å². The van der Waals surface area contributed by atoms with Gasteiger partial charge in [0.2, 0.25) is 11.8 Å². The minimum Gasteiger partial charge on any atom is -0.425 e. The number of carbonyl (C=O) groups excluding carboxylic acids is 1. The second-order valence-electron chi connectivity index (χ2n) is 5.56. The summed E-state index contributed by atoms with van der Waals surface area (Å²) in [4.78, 5) is 14.0. The van der Waals surface area contributed by atoms with E-state index < -0.39 is 0 Å². The van der Waals surface area contributed by atoms with Crippen molar-refractivity contribution in [2.45, 2.75) is 32.2 Å². The Kier molecular flexibility index (Phi) is 4.37. The van der Waals surface area contributed by atoms with E-state index in [1.54, 1.807) is 6.92 Å². The van der Waals surface area contributed by atoms with Crippen LogP contribution in [0.4, 0.5) is 4.79 Å².